The second-order valence-electron chi connectivity index (χ2n) is 4.68. The maximum atomic E-state index is 11.9. The van der Waals surface area contributed by atoms with Gasteiger partial charge in [0, 0.05) is 31.9 Å². The van der Waals surface area contributed by atoms with Gasteiger partial charge in [0.25, 0.3) is 0 Å². The van der Waals surface area contributed by atoms with Crippen LogP contribution in [0.5, 0.6) is 0 Å². The second kappa shape index (κ2) is 5.35. The number of amides is 1. The Kier molecular flexibility index (Phi) is 3.81. The monoisotopic (exact) mass is 249 g/mol. The average molecular weight is 249 g/mol. The standard InChI is InChI=1S/C13H19N3O2/c1-10(17)11-5-3-6-14-13(11)16-8-4-7-15(2)12(18)9-16/h3,5-6,10,17H,4,7-9H2,1-2H3/t10-/m1/s1. The number of rotatable bonds is 2. The number of hydrogen-bond donors (Lipinski definition) is 1. The highest BCUT2D eigenvalue weighted by Gasteiger charge is 2.22. The van der Waals surface area contributed by atoms with E-state index in [1.807, 2.05) is 18.0 Å². The van der Waals surface area contributed by atoms with Crippen LogP contribution in [0.2, 0.25) is 0 Å². The molecule has 1 aliphatic rings. The van der Waals surface area contributed by atoms with Crippen molar-refractivity contribution in [3.63, 3.8) is 0 Å². The summed E-state index contributed by atoms with van der Waals surface area (Å²) in [7, 11) is 1.82. The molecule has 1 N–H and O–H groups in total. The van der Waals surface area contributed by atoms with Gasteiger partial charge in [-0.1, -0.05) is 6.07 Å². The summed E-state index contributed by atoms with van der Waals surface area (Å²) >= 11 is 0. The molecule has 0 saturated carbocycles. The van der Waals surface area contributed by atoms with Crippen molar-refractivity contribution in [1.82, 2.24) is 9.88 Å². The Morgan fingerprint density at radius 1 is 1.44 bits per heavy atom. The van der Waals surface area contributed by atoms with Gasteiger partial charge in [-0.15, -0.1) is 0 Å². The van der Waals surface area contributed by atoms with E-state index in [2.05, 4.69) is 4.98 Å². The third kappa shape index (κ3) is 2.61. The Labute approximate surface area is 107 Å². The summed E-state index contributed by atoms with van der Waals surface area (Å²) in [6, 6.07) is 3.66. The van der Waals surface area contributed by atoms with E-state index in [1.54, 1.807) is 24.1 Å². The molecule has 1 saturated heterocycles. The highest BCUT2D eigenvalue weighted by atomic mass is 16.3. The molecule has 5 nitrogen and oxygen atoms in total. The van der Waals surface area contributed by atoms with Gasteiger partial charge in [-0.05, 0) is 19.4 Å². The zero-order valence-corrected chi connectivity index (χ0v) is 10.8. The smallest absolute Gasteiger partial charge is 0.241 e. The van der Waals surface area contributed by atoms with E-state index in [4.69, 9.17) is 0 Å². The van der Waals surface area contributed by atoms with Gasteiger partial charge >= 0.3 is 0 Å². The van der Waals surface area contributed by atoms with Crippen molar-refractivity contribution in [2.45, 2.75) is 19.4 Å². The van der Waals surface area contributed by atoms with Gasteiger partial charge in [-0.25, -0.2) is 4.98 Å². The van der Waals surface area contributed by atoms with Crippen molar-refractivity contribution in [2.75, 3.05) is 31.6 Å². The highest BCUT2D eigenvalue weighted by Crippen LogP contribution is 2.24. The predicted octanol–water partition coefficient (Wildman–Crippen LogP) is 0.803. The molecule has 0 spiro atoms. The first-order valence-corrected chi connectivity index (χ1v) is 6.21. The van der Waals surface area contributed by atoms with Crippen molar-refractivity contribution in [1.29, 1.82) is 0 Å². The number of likely N-dealkylation sites (N-methyl/N-ethyl adjacent to an activating group) is 1. The molecule has 0 aliphatic carbocycles. The van der Waals surface area contributed by atoms with Gasteiger partial charge in [0.1, 0.15) is 5.82 Å². The zero-order chi connectivity index (χ0) is 13.1. The molecule has 5 heteroatoms. The van der Waals surface area contributed by atoms with Crippen molar-refractivity contribution < 1.29 is 9.90 Å². The van der Waals surface area contributed by atoms with Gasteiger partial charge in [0.05, 0.1) is 12.6 Å². The minimum Gasteiger partial charge on any atom is -0.389 e. The molecule has 2 rings (SSSR count). The van der Waals surface area contributed by atoms with Gasteiger partial charge in [-0.2, -0.15) is 0 Å². The van der Waals surface area contributed by atoms with Gasteiger partial charge < -0.3 is 14.9 Å². The van der Waals surface area contributed by atoms with Crippen molar-refractivity contribution in [3.05, 3.63) is 23.9 Å². The third-order valence-corrected chi connectivity index (χ3v) is 3.24. The van der Waals surface area contributed by atoms with Crippen molar-refractivity contribution >= 4 is 11.7 Å². The maximum Gasteiger partial charge on any atom is 0.241 e. The van der Waals surface area contributed by atoms with E-state index in [1.165, 1.54) is 0 Å². The molecule has 18 heavy (non-hydrogen) atoms. The number of aliphatic hydroxyl groups is 1. The Morgan fingerprint density at radius 3 is 2.94 bits per heavy atom. The van der Waals surface area contributed by atoms with Crippen LogP contribution in [0.25, 0.3) is 0 Å². The van der Waals surface area contributed by atoms with Crippen LogP contribution in [-0.2, 0) is 4.79 Å². The summed E-state index contributed by atoms with van der Waals surface area (Å²) in [5.41, 5.74) is 0.773. The van der Waals surface area contributed by atoms with Crippen molar-refractivity contribution in [3.8, 4) is 0 Å². The zero-order valence-electron chi connectivity index (χ0n) is 10.8. The molecule has 1 aromatic rings. The lowest BCUT2D eigenvalue weighted by molar-refractivity contribution is -0.127. The van der Waals surface area contributed by atoms with E-state index in [9.17, 15) is 9.90 Å². The van der Waals surface area contributed by atoms with Crippen LogP contribution in [0.15, 0.2) is 18.3 Å². The first kappa shape index (κ1) is 12.8. The predicted molar refractivity (Wildman–Crippen MR) is 69.3 cm³/mol. The lowest BCUT2D eigenvalue weighted by atomic mass is 10.1. The fourth-order valence-electron chi connectivity index (χ4n) is 2.17. The second-order valence-corrected chi connectivity index (χ2v) is 4.68. The molecular formula is C13H19N3O2. The van der Waals surface area contributed by atoms with Gasteiger partial charge in [0.15, 0.2) is 0 Å². The quantitative estimate of drug-likeness (QED) is 0.842. The number of nitrogens with zero attached hydrogens (tertiary/aromatic N) is 3. The van der Waals surface area contributed by atoms with Crippen LogP contribution in [0.4, 0.5) is 5.82 Å². The SMILES string of the molecule is C[C@@H](O)c1cccnc1N1CCCN(C)C(=O)C1. The number of aromatic nitrogens is 1. The van der Waals surface area contributed by atoms with E-state index >= 15 is 0 Å². The molecule has 1 aliphatic heterocycles. The van der Waals surface area contributed by atoms with Crippen LogP contribution in [0, 0.1) is 0 Å². The molecule has 0 bridgehead atoms. The summed E-state index contributed by atoms with van der Waals surface area (Å²) in [5.74, 6) is 0.811. The maximum absolute atomic E-state index is 11.9. The topological polar surface area (TPSA) is 56.7 Å². The van der Waals surface area contributed by atoms with Crippen molar-refractivity contribution in [2.24, 2.45) is 0 Å². The Bertz CT molecular complexity index is 434. The van der Waals surface area contributed by atoms with E-state index in [-0.39, 0.29) is 5.91 Å². The lowest BCUT2D eigenvalue weighted by Gasteiger charge is -2.24. The molecule has 0 radical (unpaired) electrons. The van der Waals surface area contributed by atoms with Crippen LogP contribution in [0.1, 0.15) is 25.0 Å². The summed E-state index contributed by atoms with van der Waals surface area (Å²) in [6.45, 7) is 3.60. The van der Waals surface area contributed by atoms with E-state index in [0.29, 0.717) is 6.54 Å². The third-order valence-electron chi connectivity index (χ3n) is 3.24. The highest BCUT2D eigenvalue weighted by molar-refractivity contribution is 5.81. The average Bonchev–Trinajstić information content (AvgIpc) is 2.52. The molecule has 2 heterocycles. The minimum atomic E-state index is -0.579. The number of pyridine rings is 1. The van der Waals surface area contributed by atoms with Crippen LogP contribution >= 0.6 is 0 Å². The Hall–Kier alpha value is -1.62. The molecule has 1 fully saturated rings. The first-order chi connectivity index (χ1) is 8.59. The summed E-state index contributed by atoms with van der Waals surface area (Å²) < 4.78 is 0. The molecule has 1 atom stereocenters. The van der Waals surface area contributed by atoms with Crippen LogP contribution < -0.4 is 4.90 Å². The molecule has 0 aromatic carbocycles. The van der Waals surface area contributed by atoms with E-state index < -0.39 is 6.10 Å². The molecule has 1 aromatic heterocycles. The van der Waals surface area contributed by atoms with Gasteiger partial charge in [0.2, 0.25) is 5.91 Å². The first-order valence-electron chi connectivity index (χ1n) is 6.21. The molecule has 0 unspecified atom stereocenters. The number of aliphatic hydroxyl groups excluding tert-OH is 1. The Balaban J connectivity index is 2.28. The van der Waals surface area contributed by atoms with E-state index in [0.717, 1.165) is 30.9 Å². The normalized spacial score (nSPS) is 18.7. The largest absolute Gasteiger partial charge is 0.389 e. The Morgan fingerprint density at radius 2 is 2.22 bits per heavy atom. The number of anilines is 1. The summed E-state index contributed by atoms with van der Waals surface area (Å²) in [4.78, 5) is 19.9. The fourth-order valence-corrected chi connectivity index (χ4v) is 2.17. The molecule has 1 amide bonds. The molecular weight excluding hydrogens is 230 g/mol. The number of carbonyl (C=O) groups is 1. The molecule has 98 valence electrons. The minimum absolute atomic E-state index is 0.0923. The van der Waals surface area contributed by atoms with Crippen LogP contribution in [-0.4, -0.2) is 47.6 Å². The fraction of sp³-hybridized carbons (Fsp3) is 0.538. The number of carbonyl (C=O) groups excluding carboxylic acids is 1. The lowest BCUT2D eigenvalue weighted by Crippen LogP contribution is -2.35. The van der Waals surface area contributed by atoms with Gasteiger partial charge in [-0.3, -0.25) is 4.79 Å². The van der Waals surface area contributed by atoms with Crippen LogP contribution in [0.3, 0.4) is 0 Å². The number of hydrogen-bond acceptors (Lipinski definition) is 4. The summed E-state index contributed by atoms with van der Waals surface area (Å²) in [6.07, 6.45) is 2.03. The summed E-state index contributed by atoms with van der Waals surface area (Å²) in [5, 5.41) is 9.76.